The number of halogens is 6. The highest BCUT2D eigenvalue weighted by Gasteiger charge is 2.32. The summed E-state index contributed by atoms with van der Waals surface area (Å²) in [7, 11) is 0. The number of aryl methyl sites for hydroxylation is 2. The van der Waals surface area contributed by atoms with Gasteiger partial charge >= 0.3 is 12.4 Å². The molecule has 0 saturated heterocycles. The van der Waals surface area contributed by atoms with E-state index >= 15 is 0 Å². The zero-order valence-corrected chi connectivity index (χ0v) is 39.7. The van der Waals surface area contributed by atoms with Crippen LogP contribution in [0.15, 0.2) is 206 Å². The van der Waals surface area contributed by atoms with Crippen LogP contribution in [0.4, 0.5) is 26.3 Å². The molecule has 12 aromatic rings. The Kier molecular flexibility index (Phi) is 10.9. The molecule has 0 atom stereocenters. The van der Waals surface area contributed by atoms with Crippen molar-refractivity contribution in [1.29, 1.82) is 5.26 Å². The van der Waals surface area contributed by atoms with Crippen LogP contribution in [-0.2, 0) is 12.4 Å². The van der Waals surface area contributed by atoms with E-state index < -0.39 is 23.5 Å². The molecule has 10 heteroatoms. The lowest BCUT2D eigenvalue weighted by molar-refractivity contribution is -0.138. The second-order valence-electron chi connectivity index (χ2n) is 18.7. The van der Waals surface area contributed by atoms with Gasteiger partial charge < -0.3 is 9.13 Å². The molecule has 0 unspecified atom stereocenters. The lowest BCUT2D eigenvalue weighted by atomic mass is 9.96. The van der Waals surface area contributed by atoms with Gasteiger partial charge in [-0.25, -0.2) is 4.98 Å². The van der Waals surface area contributed by atoms with Gasteiger partial charge in [0, 0.05) is 38.2 Å². The predicted molar refractivity (Wildman–Crippen MR) is 284 cm³/mol. The summed E-state index contributed by atoms with van der Waals surface area (Å²) in [4.78, 5) is 5.21. The summed E-state index contributed by atoms with van der Waals surface area (Å²) in [5, 5.41) is 14.7. The van der Waals surface area contributed by atoms with Crippen LogP contribution in [-0.4, -0.2) is 14.1 Å². The highest BCUT2D eigenvalue weighted by atomic mass is 19.4. The fourth-order valence-electron chi connectivity index (χ4n) is 10.5. The van der Waals surface area contributed by atoms with E-state index in [1.165, 1.54) is 12.1 Å². The number of rotatable bonds is 7. The number of hydrogen-bond acceptors (Lipinski definition) is 2. The van der Waals surface area contributed by atoms with E-state index in [9.17, 15) is 31.6 Å². The van der Waals surface area contributed by atoms with Gasteiger partial charge in [-0.3, -0.25) is 0 Å². The Labute approximate surface area is 421 Å². The van der Waals surface area contributed by atoms with Gasteiger partial charge in [0.25, 0.3) is 0 Å². The average molecular weight is 979 g/mol. The first-order chi connectivity index (χ1) is 35.7. The Morgan fingerprint density at radius 3 is 1.27 bits per heavy atom. The van der Waals surface area contributed by atoms with Gasteiger partial charge in [0.2, 0.25) is 0 Å². The maximum atomic E-state index is 14.1. The molecule has 4 nitrogen and oxygen atoms in total. The van der Waals surface area contributed by atoms with E-state index in [1.807, 2.05) is 174 Å². The molecule has 9 aromatic carbocycles. The first-order valence-electron chi connectivity index (χ1n) is 23.9. The van der Waals surface area contributed by atoms with Crippen molar-refractivity contribution in [2.75, 3.05) is 0 Å². The van der Waals surface area contributed by atoms with Gasteiger partial charge in [0.15, 0.2) is 0 Å². The number of nitrogens with zero attached hydrogens (tertiary/aromatic N) is 4. The third kappa shape index (κ3) is 8.03. The number of para-hydroxylation sites is 2. The standard InChI is InChI=1S/C64H40F6N4/c1-38-25-44(29-48(27-38)63(65,66)67)42-21-23-59-53(31-42)50-17-9-11-19-57(50)73(59)61-36-52(46-33-55(40-13-5-3-6-14-40)72-56(34-46)41-15-7-4-8-16-41)62(35-47(61)37-71)74-58-20-12-10-18-51(58)54-32-43(22-24-60(54)74)45-26-39(2)28-49(30-45)64(68,69)70/h3-36H,1-2H3. The van der Waals surface area contributed by atoms with Crippen LogP contribution >= 0.6 is 0 Å². The molecular weight excluding hydrogens is 939 g/mol. The van der Waals surface area contributed by atoms with Crippen LogP contribution in [0.2, 0.25) is 0 Å². The summed E-state index contributed by atoms with van der Waals surface area (Å²) >= 11 is 0. The summed E-state index contributed by atoms with van der Waals surface area (Å²) in [5.74, 6) is 0. The SMILES string of the molecule is Cc1cc(-c2ccc3c(c2)c2ccccc2n3-c2cc(-c3cc(-c4ccccc4)nc(-c4ccccc4)c3)c(-n3c4ccccc4c4cc(-c5cc(C)cc(C(F)(F)F)c5)ccc43)cc2C#N)cc(C(F)(F)F)c1. The molecule has 0 saturated carbocycles. The Hall–Kier alpha value is -9.20. The molecule has 0 aliphatic heterocycles. The van der Waals surface area contributed by atoms with E-state index in [0.717, 1.165) is 89.4 Å². The predicted octanol–water partition coefficient (Wildman–Crippen LogP) is 18.1. The number of hydrogen-bond donors (Lipinski definition) is 0. The molecule has 0 amide bonds. The number of pyridine rings is 1. The maximum Gasteiger partial charge on any atom is 0.416 e. The van der Waals surface area contributed by atoms with Crippen molar-refractivity contribution in [3.63, 3.8) is 0 Å². The molecule has 358 valence electrons. The van der Waals surface area contributed by atoms with Crippen LogP contribution in [0, 0.1) is 25.2 Å². The Bertz CT molecular complexity index is 4200. The van der Waals surface area contributed by atoms with Gasteiger partial charge in [-0.2, -0.15) is 31.6 Å². The van der Waals surface area contributed by atoms with E-state index in [-0.39, 0.29) is 0 Å². The molecule has 0 N–H and O–H groups in total. The van der Waals surface area contributed by atoms with E-state index in [4.69, 9.17) is 4.98 Å². The van der Waals surface area contributed by atoms with Gasteiger partial charge in [-0.1, -0.05) is 121 Å². The summed E-state index contributed by atoms with van der Waals surface area (Å²) in [6.45, 7) is 3.31. The minimum Gasteiger partial charge on any atom is -0.309 e. The zero-order valence-electron chi connectivity index (χ0n) is 39.7. The smallest absolute Gasteiger partial charge is 0.309 e. The molecule has 0 aliphatic rings. The molecule has 3 aromatic heterocycles. The Balaban J connectivity index is 1.15. The largest absolute Gasteiger partial charge is 0.416 e. The average Bonchev–Trinajstić information content (AvgIpc) is 3.95. The Morgan fingerprint density at radius 2 is 0.811 bits per heavy atom. The van der Waals surface area contributed by atoms with Crippen molar-refractivity contribution in [2.45, 2.75) is 26.2 Å². The monoisotopic (exact) mass is 978 g/mol. The number of aromatic nitrogens is 3. The Morgan fingerprint density at radius 1 is 0.378 bits per heavy atom. The molecule has 3 heterocycles. The molecule has 12 rings (SSSR count). The molecule has 0 radical (unpaired) electrons. The topological polar surface area (TPSA) is 46.5 Å². The van der Waals surface area contributed by atoms with Gasteiger partial charge in [-0.05, 0) is 138 Å². The minimum atomic E-state index is -4.52. The first-order valence-corrected chi connectivity index (χ1v) is 23.9. The second kappa shape index (κ2) is 17.5. The first kappa shape index (κ1) is 45.9. The van der Waals surface area contributed by atoms with Crippen LogP contribution in [0.25, 0.3) is 111 Å². The molecular formula is C64H40F6N4. The van der Waals surface area contributed by atoms with Crippen molar-refractivity contribution in [2.24, 2.45) is 0 Å². The van der Waals surface area contributed by atoms with Gasteiger partial charge in [0.05, 0.1) is 61.5 Å². The number of fused-ring (bicyclic) bond motifs is 6. The van der Waals surface area contributed by atoms with Crippen molar-refractivity contribution in [3.8, 4) is 73.3 Å². The lowest BCUT2D eigenvalue weighted by Crippen LogP contribution is -2.05. The highest BCUT2D eigenvalue weighted by Crippen LogP contribution is 2.44. The van der Waals surface area contributed by atoms with Crippen LogP contribution in [0.1, 0.15) is 27.8 Å². The van der Waals surface area contributed by atoms with Crippen molar-refractivity contribution in [3.05, 3.63) is 234 Å². The molecule has 0 bridgehead atoms. The van der Waals surface area contributed by atoms with E-state index in [1.54, 1.807) is 26.0 Å². The highest BCUT2D eigenvalue weighted by molar-refractivity contribution is 6.12. The maximum absolute atomic E-state index is 14.1. The van der Waals surface area contributed by atoms with Gasteiger partial charge in [-0.15, -0.1) is 0 Å². The van der Waals surface area contributed by atoms with Crippen LogP contribution in [0.3, 0.4) is 0 Å². The fraction of sp³-hybridized carbons (Fsp3) is 0.0625. The molecule has 0 fully saturated rings. The third-order valence-electron chi connectivity index (χ3n) is 13.8. The fourth-order valence-corrected chi connectivity index (χ4v) is 10.5. The van der Waals surface area contributed by atoms with Gasteiger partial charge in [0.1, 0.15) is 6.07 Å². The summed E-state index contributed by atoms with van der Waals surface area (Å²) in [6.07, 6.45) is -9.05. The number of benzene rings is 9. The number of nitriles is 1. The van der Waals surface area contributed by atoms with Crippen molar-refractivity contribution >= 4 is 43.6 Å². The molecule has 0 spiro atoms. The van der Waals surface area contributed by atoms with Crippen molar-refractivity contribution in [1.82, 2.24) is 14.1 Å². The van der Waals surface area contributed by atoms with Crippen LogP contribution in [0.5, 0.6) is 0 Å². The van der Waals surface area contributed by atoms with E-state index in [2.05, 4.69) is 10.6 Å². The number of alkyl halides is 6. The normalized spacial score (nSPS) is 12.0. The zero-order chi connectivity index (χ0) is 51.0. The lowest BCUT2D eigenvalue weighted by Gasteiger charge is -2.20. The second-order valence-corrected chi connectivity index (χ2v) is 18.7. The summed E-state index contributed by atoms with van der Waals surface area (Å²) in [5.41, 5.74) is 11.1. The van der Waals surface area contributed by atoms with Crippen LogP contribution < -0.4 is 0 Å². The van der Waals surface area contributed by atoms with Crippen molar-refractivity contribution < 1.29 is 26.3 Å². The molecule has 0 aliphatic carbocycles. The quantitative estimate of drug-likeness (QED) is 0.149. The summed E-state index contributed by atoms with van der Waals surface area (Å²) < 4.78 is 88.9. The van der Waals surface area contributed by atoms with E-state index in [0.29, 0.717) is 50.3 Å². The molecule has 74 heavy (non-hydrogen) atoms. The summed E-state index contributed by atoms with van der Waals surface area (Å²) in [6, 6.07) is 65.5. The minimum absolute atomic E-state index is 0.339. The third-order valence-corrected chi connectivity index (χ3v) is 13.8.